The van der Waals surface area contributed by atoms with E-state index in [1.807, 2.05) is 0 Å². The van der Waals surface area contributed by atoms with Crippen molar-refractivity contribution >= 4 is 60.2 Å². The molecule has 0 saturated carbocycles. The molecule has 0 aliphatic rings. The number of nitrogens with zero attached hydrogens (tertiary/aromatic N) is 1. The van der Waals surface area contributed by atoms with Crippen LogP contribution in [-0.4, -0.2) is 0 Å². The van der Waals surface area contributed by atoms with Crippen molar-refractivity contribution in [2.24, 2.45) is 0 Å². The van der Waals surface area contributed by atoms with E-state index in [0.717, 1.165) is 17.1 Å². The molecule has 1 nitrogen and oxygen atoms in total. The van der Waals surface area contributed by atoms with Crippen molar-refractivity contribution in [3.63, 3.8) is 0 Å². The molecule has 0 fully saturated rings. The molecule has 0 radical (unpaired) electrons. The van der Waals surface area contributed by atoms with E-state index in [9.17, 15) is 0 Å². The van der Waals surface area contributed by atoms with E-state index in [0.29, 0.717) is 0 Å². The van der Waals surface area contributed by atoms with Gasteiger partial charge in [-0.15, -0.1) is 0 Å². The van der Waals surface area contributed by atoms with E-state index in [2.05, 4.69) is 217 Å². The summed E-state index contributed by atoms with van der Waals surface area (Å²) in [4.78, 5) is 2.38. The fraction of sp³-hybridized carbons (Fsp3) is 0. The summed E-state index contributed by atoms with van der Waals surface area (Å²) in [6, 6.07) is 77.2. The zero-order valence-corrected chi connectivity index (χ0v) is 29.2. The molecule has 0 atom stereocenters. The summed E-state index contributed by atoms with van der Waals surface area (Å²) < 4.78 is 0. The van der Waals surface area contributed by atoms with E-state index in [1.165, 1.54) is 76.5 Å². The fourth-order valence-corrected chi connectivity index (χ4v) is 8.07. The zero-order chi connectivity index (χ0) is 35.1. The number of fused-ring (bicyclic) bond motifs is 6. The molecule has 0 aliphatic heterocycles. The molecule has 1 heteroatoms. The van der Waals surface area contributed by atoms with Gasteiger partial charge in [0.15, 0.2) is 0 Å². The first-order chi connectivity index (χ1) is 26.3. The SMILES string of the molecule is c1ccc(-c2cccc(-c3ccc(N(c4ccccc4)c4cc(-c5cccc6c5ccc5c7ccccc7ccc65)c5ccccc5c4)cc3)c2)cc1. The van der Waals surface area contributed by atoms with Crippen molar-refractivity contribution in [2.45, 2.75) is 0 Å². The number of rotatable bonds is 6. The smallest absolute Gasteiger partial charge is 0.0474 e. The first-order valence-corrected chi connectivity index (χ1v) is 18.3. The molecule has 0 unspecified atom stereocenters. The van der Waals surface area contributed by atoms with Gasteiger partial charge in [-0.05, 0) is 119 Å². The lowest BCUT2D eigenvalue weighted by Crippen LogP contribution is -2.10. The average Bonchev–Trinajstić information content (AvgIpc) is 3.24. The molecule has 0 amide bonds. The number of para-hydroxylation sites is 1. The first-order valence-electron chi connectivity index (χ1n) is 18.3. The van der Waals surface area contributed by atoms with Gasteiger partial charge >= 0.3 is 0 Å². The van der Waals surface area contributed by atoms with Gasteiger partial charge in [0.2, 0.25) is 0 Å². The van der Waals surface area contributed by atoms with Gasteiger partial charge in [-0.25, -0.2) is 0 Å². The van der Waals surface area contributed by atoms with Crippen molar-refractivity contribution < 1.29 is 0 Å². The largest absolute Gasteiger partial charge is 0.310 e. The zero-order valence-electron chi connectivity index (χ0n) is 29.2. The fourth-order valence-electron chi connectivity index (χ4n) is 8.07. The van der Waals surface area contributed by atoms with Crippen LogP contribution in [0.3, 0.4) is 0 Å². The van der Waals surface area contributed by atoms with Crippen molar-refractivity contribution in [3.8, 4) is 33.4 Å². The molecular formula is C52H35N. The molecule has 0 aliphatic carbocycles. The van der Waals surface area contributed by atoms with Gasteiger partial charge < -0.3 is 4.90 Å². The monoisotopic (exact) mass is 673 g/mol. The van der Waals surface area contributed by atoms with E-state index in [1.54, 1.807) is 0 Å². The number of hydrogen-bond acceptors (Lipinski definition) is 1. The molecule has 0 saturated heterocycles. The van der Waals surface area contributed by atoms with Gasteiger partial charge in [-0.1, -0.05) is 170 Å². The predicted molar refractivity (Wildman–Crippen MR) is 227 cm³/mol. The third-order valence-corrected chi connectivity index (χ3v) is 10.6. The van der Waals surface area contributed by atoms with Gasteiger partial charge in [-0.2, -0.15) is 0 Å². The third kappa shape index (κ3) is 5.51. The summed E-state index contributed by atoms with van der Waals surface area (Å²) in [5.74, 6) is 0. The molecule has 0 heterocycles. The Morgan fingerprint density at radius 3 is 1.55 bits per heavy atom. The Kier molecular flexibility index (Phi) is 7.55. The van der Waals surface area contributed by atoms with Crippen LogP contribution in [0, 0.1) is 0 Å². The van der Waals surface area contributed by atoms with Crippen LogP contribution in [0.1, 0.15) is 0 Å². The van der Waals surface area contributed by atoms with Crippen LogP contribution < -0.4 is 4.90 Å². The van der Waals surface area contributed by atoms with Gasteiger partial charge in [0, 0.05) is 17.1 Å². The summed E-state index contributed by atoms with van der Waals surface area (Å²) in [5.41, 5.74) is 10.6. The molecule has 0 spiro atoms. The average molecular weight is 674 g/mol. The van der Waals surface area contributed by atoms with E-state index in [-0.39, 0.29) is 0 Å². The van der Waals surface area contributed by atoms with E-state index < -0.39 is 0 Å². The molecule has 10 aromatic rings. The van der Waals surface area contributed by atoms with Crippen molar-refractivity contribution in [3.05, 3.63) is 212 Å². The highest BCUT2D eigenvalue weighted by Gasteiger charge is 2.18. The lowest BCUT2D eigenvalue weighted by atomic mass is 9.90. The Balaban J connectivity index is 1.13. The summed E-state index contributed by atoms with van der Waals surface area (Å²) in [7, 11) is 0. The topological polar surface area (TPSA) is 3.24 Å². The summed E-state index contributed by atoms with van der Waals surface area (Å²) >= 11 is 0. The van der Waals surface area contributed by atoms with Crippen LogP contribution in [-0.2, 0) is 0 Å². The second kappa shape index (κ2) is 13.0. The van der Waals surface area contributed by atoms with Crippen molar-refractivity contribution in [2.75, 3.05) is 4.90 Å². The predicted octanol–water partition coefficient (Wildman–Crippen LogP) is 14.8. The van der Waals surface area contributed by atoms with Gasteiger partial charge in [-0.3, -0.25) is 0 Å². The van der Waals surface area contributed by atoms with E-state index >= 15 is 0 Å². The normalized spacial score (nSPS) is 11.4. The summed E-state index contributed by atoms with van der Waals surface area (Å²) in [5, 5.41) is 10.1. The molecule has 0 aromatic heterocycles. The van der Waals surface area contributed by atoms with Gasteiger partial charge in [0.25, 0.3) is 0 Å². The molecular weight excluding hydrogens is 639 g/mol. The molecule has 53 heavy (non-hydrogen) atoms. The highest BCUT2D eigenvalue weighted by molar-refractivity contribution is 6.20. The minimum absolute atomic E-state index is 1.11. The summed E-state index contributed by atoms with van der Waals surface area (Å²) in [6.45, 7) is 0. The number of benzene rings is 10. The number of hydrogen-bond donors (Lipinski definition) is 0. The highest BCUT2D eigenvalue weighted by Crippen LogP contribution is 2.43. The third-order valence-electron chi connectivity index (χ3n) is 10.6. The van der Waals surface area contributed by atoms with Crippen molar-refractivity contribution in [1.82, 2.24) is 0 Å². The second-order valence-corrected chi connectivity index (χ2v) is 13.7. The maximum Gasteiger partial charge on any atom is 0.0474 e. The minimum atomic E-state index is 1.11. The molecule has 248 valence electrons. The van der Waals surface area contributed by atoms with Gasteiger partial charge in [0.1, 0.15) is 0 Å². The van der Waals surface area contributed by atoms with Crippen LogP contribution in [0.5, 0.6) is 0 Å². The first kappa shape index (κ1) is 30.8. The Labute approximate surface area is 309 Å². The Morgan fingerprint density at radius 2 is 0.755 bits per heavy atom. The van der Waals surface area contributed by atoms with Crippen LogP contribution in [0.4, 0.5) is 17.1 Å². The molecule has 10 rings (SSSR count). The quantitative estimate of drug-likeness (QED) is 0.159. The molecule has 0 bridgehead atoms. The van der Waals surface area contributed by atoms with Gasteiger partial charge in [0.05, 0.1) is 0 Å². The molecule has 0 N–H and O–H groups in total. The van der Waals surface area contributed by atoms with E-state index in [4.69, 9.17) is 0 Å². The van der Waals surface area contributed by atoms with Crippen LogP contribution >= 0.6 is 0 Å². The van der Waals surface area contributed by atoms with Crippen molar-refractivity contribution in [1.29, 1.82) is 0 Å². The second-order valence-electron chi connectivity index (χ2n) is 13.7. The van der Waals surface area contributed by atoms with Crippen LogP contribution in [0.2, 0.25) is 0 Å². The Bertz CT molecular complexity index is 2930. The van der Waals surface area contributed by atoms with Crippen LogP contribution in [0.25, 0.3) is 76.5 Å². The maximum absolute atomic E-state index is 2.38. The number of anilines is 3. The Morgan fingerprint density at radius 1 is 0.226 bits per heavy atom. The Hall–Kier alpha value is -6.96. The standard InChI is InChI=1S/C52H35N/c1-3-13-36(14-4-1)39-17-11-18-40(33-39)37-25-28-43(29-26-37)53(42-19-5-2-6-20-42)44-34-41-16-8-10-22-46(41)52(35-44)48-24-12-23-47-50-30-27-38-15-7-9-21-45(38)49(50)31-32-51(47)48/h1-35H. The summed E-state index contributed by atoms with van der Waals surface area (Å²) in [6.07, 6.45) is 0. The maximum atomic E-state index is 2.38. The lowest BCUT2D eigenvalue weighted by Gasteiger charge is -2.27. The van der Waals surface area contributed by atoms with Crippen LogP contribution in [0.15, 0.2) is 212 Å². The lowest BCUT2D eigenvalue weighted by molar-refractivity contribution is 1.29. The molecule has 10 aromatic carbocycles. The highest BCUT2D eigenvalue weighted by atomic mass is 15.1. The minimum Gasteiger partial charge on any atom is -0.310 e.